The number of para-hydroxylation sites is 2. The van der Waals surface area contributed by atoms with E-state index in [4.69, 9.17) is 9.47 Å². The lowest BCUT2D eigenvalue weighted by molar-refractivity contribution is 0.0769. The Morgan fingerprint density at radius 2 is 1.74 bits per heavy atom. The van der Waals surface area contributed by atoms with Crippen LogP contribution in [0.15, 0.2) is 60.7 Å². The van der Waals surface area contributed by atoms with Gasteiger partial charge in [-0.15, -0.1) is 0 Å². The van der Waals surface area contributed by atoms with Crippen molar-refractivity contribution in [1.82, 2.24) is 5.32 Å². The molecule has 2 aromatic rings. The Balaban J connectivity index is 1.36. The van der Waals surface area contributed by atoms with Crippen molar-refractivity contribution in [3.8, 4) is 11.5 Å². The fraction of sp³-hybridized carbons (Fsp3) is 0.300. The van der Waals surface area contributed by atoms with Gasteiger partial charge >= 0.3 is 0 Å². The van der Waals surface area contributed by atoms with E-state index in [1.54, 1.807) is 0 Å². The number of fused-ring (bicyclic) bond motifs is 1. The summed E-state index contributed by atoms with van der Waals surface area (Å²) in [5, 5.41) is 3.64. The van der Waals surface area contributed by atoms with Crippen LogP contribution in [-0.2, 0) is 0 Å². The van der Waals surface area contributed by atoms with E-state index in [1.165, 1.54) is 11.1 Å². The van der Waals surface area contributed by atoms with Crippen molar-refractivity contribution in [2.75, 3.05) is 13.2 Å². The first-order chi connectivity index (χ1) is 11.4. The third-order valence-corrected chi connectivity index (χ3v) is 4.49. The molecule has 0 spiro atoms. The van der Waals surface area contributed by atoms with E-state index < -0.39 is 0 Å². The maximum atomic E-state index is 6.06. The lowest BCUT2D eigenvalue weighted by Crippen LogP contribution is -2.40. The van der Waals surface area contributed by atoms with Gasteiger partial charge in [-0.3, -0.25) is 0 Å². The van der Waals surface area contributed by atoms with Crippen LogP contribution in [0.1, 0.15) is 18.4 Å². The van der Waals surface area contributed by atoms with Gasteiger partial charge in [0.25, 0.3) is 0 Å². The molecule has 4 rings (SSSR count). The molecule has 2 aliphatic rings. The van der Waals surface area contributed by atoms with Gasteiger partial charge < -0.3 is 14.8 Å². The van der Waals surface area contributed by atoms with E-state index in [1.807, 2.05) is 24.3 Å². The Morgan fingerprint density at radius 3 is 2.52 bits per heavy atom. The van der Waals surface area contributed by atoms with Crippen LogP contribution in [-0.4, -0.2) is 25.3 Å². The molecule has 0 aromatic heterocycles. The monoisotopic (exact) mass is 307 g/mol. The Morgan fingerprint density at radius 1 is 0.957 bits per heavy atom. The molecule has 118 valence electrons. The van der Waals surface area contributed by atoms with Crippen LogP contribution in [0, 0.1) is 0 Å². The first-order valence-electron chi connectivity index (χ1n) is 8.25. The minimum Gasteiger partial charge on any atom is -0.486 e. The quantitative estimate of drug-likeness (QED) is 0.938. The van der Waals surface area contributed by atoms with Crippen molar-refractivity contribution in [2.45, 2.75) is 25.0 Å². The van der Waals surface area contributed by atoms with Gasteiger partial charge in [0.2, 0.25) is 0 Å². The van der Waals surface area contributed by atoms with Gasteiger partial charge in [0.15, 0.2) is 11.5 Å². The van der Waals surface area contributed by atoms with Crippen LogP contribution in [0.5, 0.6) is 11.5 Å². The molecule has 0 aliphatic carbocycles. The van der Waals surface area contributed by atoms with Crippen LogP contribution in [0.25, 0.3) is 5.57 Å². The van der Waals surface area contributed by atoms with Gasteiger partial charge in [0.1, 0.15) is 12.7 Å². The molecule has 0 saturated carbocycles. The van der Waals surface area contributed by atoms with E-state index in [2.05, 4.69) is 41.7 Å². The molecule has 2 unspecified atom stereocenters. The van der Waals surface area contributed by atoms with Crippen molar-refractivity contribution in [1.29, 1.82) is 0 Å². The zero-order chi connectivity index (χ0) is 15.5. The van der Waals surface area contributed by atoms with Gasteiger partial charge in [-0.05, 0) is 29.7 Å². The molecule has 0 radical (unpaired) electrons. The molecule has 0 amide bonds. The molecule has 3 nitrogen and oxygen atoms in total. The summed E-state index contributed by atoms with van der Waals surface area (Å²) in [6, 6.07) is 18.9. The summed E-state index contributed by atoms with van der Waals surface area (Å²) in [6.07, 6.45) is 4.47. The van der Waals surface area contributed by atoms with Crippen LogP contribution >= 0.6 is 0 Å². The van der Waals surface area contributed by atoms with Crippen molar-refractivity contribution < 1.29 is 9.47 Å². The zero-order valence-electron chi connectivity index (χ0n) is 13.1. The first kappa shape index (κ1) is 14.3. The molecule has 0 fully saturated rings. The normalized spacial score (nSPS) is 23.2. The smallest absolute Gasteiger partial charge is 0.161 e. The molecule has 23 heavy (non-hydrogen) atoms. The highest BCUT2D eigenvalue weighted by Crippen LogP contribution is 2.32. The molecule has 2 atom stereocenters. The van der Waals surface area contributed by atoms with E-state index in [0.717, 1.165) is 30.9 Å². The molecule has 3 heteroatoms. The second-order valence-corrected chi connectivity index (χ2v) is 6.14. The molecular weight excluding hydrogens is 286 g/mol. The summed E-state index contributed by atoms with van der Waals surface area (Å²) in [4.78, 5) is 0. The zero-order valence-corrected chi connectivity index (χ0v) is 13.1. The highest BCUT2D eigenvalue weighted by atomic mass is 16.6. The fourth-order valence-corrected chi connectivity index (χ4v) is 3.24. The topological polar surface area (TPSA) is 30.5 Å². The summed E-state index contributed by atoms with van der Waals surface area (Å²) in [5.41, 5.74) is 2.69. The van der Waals surface area contributed by atoms with E-state index in [9.17, 15) is 0 Å². The Hall–Kier alpha value is -2.26. The lowest BCUT2D eigenvalue weighted by atomic mass is 9.96. The summed E-state index contributed by atoms with van der Waals surface area (Å²) < 4.78 is 11.9. The predicted molar refractivity (Wildman–Crippen MR) is 91.8 cm³/mol. The summed E-state index contributed by atoms with van der Waals surface area (Å²) in [6.45, 7) is 1.54. The Bertz CT molecular complexity index is 696. The Kier molecular flexibility index (Phi) is 4.03. The number of ether oxygens (including phenoxy) is 2. The largest absolute Gasteiger partial charge is 0.486 e. The van der Waals surface area contributed by atoms with E-state index in [-0.39, 0.29) is 6.10 Å². The average Bonchev–Trinajstić information content (AvgIpc) is 2.63. The maximum absolute atomic E-state index is 6.06. The van der Waals surface area contributed by atoms with Gasteiger partial charge in [0.05, 0.1) is 0 Å². The summed E-state index contributed by atoms with van der Waals surface area (Å²) >= 11 is 0. The lowest BCUT2D eigenvalue weighted by Gasteiger charge is -2.31. The van der Waals surface area contributed by atoms with Gasteiger partial charge in [-0.1, -0.05) is 48.5 Å². The third kappa shape index (κ3) is 3.25. The fourth-order valence-electron chi connectivity index (χ4n) is 3.24. The predicted octanol–water partition coefficient (Wildman–Crippen LogP) is 3.66. The van der Waals surface area contributed by atoms with Gasteiger partial charge in [-0.25, -0.2) is 0 Å². The summed E-state index contributed by atoms with van der Waals surface area (Å²) in [7, 11) is 0. The average molecular weight is 307 g/mol. The molecule has 0 bridgehead atoms. The second kappa shape index (κ2) is 6.47. The molecule has 2 heterocycles. The third-order valence-electron chi connectivity index (χ3n) is 4.49. The van der Waals surface area contributed by atoms with E-state index >= 15 is 0 Å². The van der Waals surface area contributed by atoms with Crippen molar-refractivity contribution in [2.24, 2.45) is 0 Å². The molecule has 0 saturated heterocycles. The van der Waals surface area contributed by atoms with Crippen molar-refractivity contribution in [3.63, 3.8) is 0 Å². The van der Waals surface area contributed by atoms with Crippen LogP contribution < -0.4 is 14.8 Å². The molecule has 2 aliphatic heterocycles. The van der Waals surface area contributed by atoms with Crippen molar-refractivity contribution >= 4 is 5.57 Å². The first-order valence-corrected chi connectivity index (χ1v) is 8.25. The molecule has 1 N–H and O–H groups in total. The van der Waals surface area contributed by atoms with Crippen molar-refractivity contribution in [3.05, 3.63) is 66.2 Å². The Labute approximate surface area is 136 Å². The number of hydrogen-bond acceptors (Lipinski definition) is 3. The number of nitrogens with one attached hydrogen (secondary N) is 1. The minimum atomic E-state index is 0.120. The van der Waals surface area contributed by atoms with Gasteiger partial charge in [-0.2, -0.15) is 0 Å². The SMILES string of the molecule is C1=C(c2ccccc2)CNC(CC2COc3ccccc3O2)C1. The maximum Gasteiger partial charge on any atom is 0.161 e. The second-order valence-electron chi connectivity index (χ2n) is 6.14. The summed E-state index contributed by atoms with van der Waals surface area (Å²) in [5.74, 6) is 1.71. The number of rotatable bonds is 3. The van der Waals surface area contributed by atoms with Gasteiger partial charge in [0, 0.05) is 19.0 Å². The number of hydrogen-bond donors (Lipinski definition) is 1. The van der Waals surface area contributed by atoms with Crippen LogP contribution in [0.4, 0.5) is 0 Å². The molecular formula is C20H21NO2. The highest BCUT2D eigenvalue weighted by molar-refractivity contribution is 5.67. The standard InChI is InChI=1S/C20H21NO2/c1-2-6-15(7-3-1)16-10-11-17(21-13-16)12-18-14-22-19-8-4-5-9-20(19)23-18/h1-10,17-18,21H,11-14H2. The molecule has 2 aromatic carbocycles. The van der Waals surface area contributed by atoms with E-state index in [0.29, 0.717) is 12.6 Å². The highest BCUT2D eigenvalue weighted by Gasteiger charge is 2.25. The van der Waals surface area contributed by atoms with Crippen LogP contribution in [0.3, 0.4) is 0 Å². The number of benzene rings is 2. The minimum absolute atomic E-state index is 0.120. The van der Waals surface area contributed by atoms with Crippen LogP contribution in [0.2, 0.25) is 0 Å².